The molecule has 0 radical (unpaired) electrons. The van der Waals surface area contributed by atoms with E-state index in [1.165, 1.54) is 11.3 Å². The van der Waals surface area contributed by atoms with Gasteiger partial charge >= 0.3 is 5.97 Å². The lowest BCUT2D eigenvalue weighted by Gasteiger charge is -2.22. The second-order valence-electron chi connectivity index (χ2n) is 10.7. The number of rotatable bonds is 11. The number of ether oxygens (including phenoxy) is 2. The van der Waals surface area contributed by atoms with Crippen LogP contribution in [0.5, 0.6) is 5.75 Å². The number of nitrogens with two attached hydrogens (primary N) is 1. The number of hydrogen-bond donors (Lipinski definition) is 2. The molecule has 0 fully saturated rings. The van der Waals surface area contributed by atoms with Gasteiger partial charge in [-0.3, -0.25) is 14.2 Å². The highest BCUT2D eigenvalue weighted by Gasteiger charge is 2.22. The van der Waals surface area contributed by atoms with Crippen molar-refractivity contribution in [3.63, 3.8) is 0 Å². The molecule has 40 heavy (non-hydrogen) atoms. The summed E-state index contributed by atoms with van der Waals surface area (Å²) in [4.78, 5) is 29.3. The van der Waals surface area contributed by atoms with Gasteiger partial charge in [0.25, 0.3) is 5.91 Å². The summed E-state index contributed by atoms with van der Waals surface area (Å²) >= 11 is 7.60. The van der Waals surface area contributed by atoms with Crippen molar-refractivity contribution in [2.45, 2.75) is 65.2 Å². The number of aromatic nitrogens is 2. The molecular weight excluding hydrogens is 548 g/mol. The molecule has 0 bridgehead atoms. The fourth-order valence-corrected chi connectivity index (χ4v) is 5.48. The first kappa shape index (κ1) is 29.6. The number of primary amides is 1. The quantitative estimate of drug-likeness (QED) is 0.160. The number of benzene rings is 2. The molecule has 10 heteroatoms. The highest BCUT2D eigenvalue weighted by Crippen LogP contribution is 2.37. The Bertz CT molecular complexity index is 1510. The predicted molar refractivity (Wildman–Crippen MR) is 160 cm³/mol. The van der Waals surface area contributed by atoms with Gasteiger partial charge in [-0.1, -0.05) is 35.9 Å². The Morgan fingerprint density at radius 3 is 2.60 bits per heavy atom. The van der Waals surface area contributed by atoms with E-state index >= 15 is 0 Å². The van der Waals surface area contributed by atoms with Gasteiger partial charge in [-0.25, -0.2) is 4.98 Å². The van der Waals surface area contributed by atoms with Crippen molar-refractivity contribution < 1.29 is 19.1 Å². The number of carbonyl (C=O) groups excluding carboxylic acids is 2. The zero-order chi connectivity index (χ0) is 29.0. The molecule has 4 aromatic rings. The van der Waals surface area contributed by atoms with Crippen LogP contribution < -0.4 is 15.8 Å². The van der Waals surface area contributed by atoms with Crippen LogP contribution in [0.15, 0.2) is 54.9 Å². The van der Waals surface area contributed by atoms with Gasteiger partial charge in [0.15, 0.2) is 0 Å². The zero-order valence-corrected chi connectivity index (χ0v) is 24.9. The minimum atomic E-state index is -0.559. The van der Waals surface area contributed by atoms with E-state index in [9.17, 15) is 9.59 Å². The number of fused-ring (bicyclic) bond motifs is 1. The molecule has 3 N–H and O–H groups in total. The number of nitrogens with one attached hydrogen (secondary N) is 1. The summed E-state index contributed by atoms with van der Waals surface area (Å²) in [5, 5.41) is 4.60. The van der Waals surface area contributed by atoms with Gasteiger partial charge in [-0.2, -0.15) is 0 Å². The van der Waals surface area contributed by atoms with Gasteiger partial charge in [0.2, 0.25) is 0 Å². The van der Waals surface area contributed by atoms with Gasteiger partial charge in [-0.15, -0.1) is 11.3 Å². The van der Waals surface area contributed by atoms with Crippen LogP contribution in [-0.2, 0) is 16.0 Å². The number of thiophene rings is 1. The van der Waals surface area contributed by atoms with Crippen LogP contribution >= 0.6 is 22.9 Å². The lowest BCUT2D eigenvalue weighted by molar-refractivity contribution is -0.156. The van der Waals surface area contributed by atoms with Crippen molar-refractivity contribution in [1.29, 1.82) is 0 Å². The molecule has 2 aromatic carbocycles. The molecule has 0 unspecified atom stereocenters. The van der Waals surface area contributed by atoms with Crippen molar-refractivity contribution in [3.05, 3.63) is 75.9 Å². The molecule has 8 nitrogen and oxygen atoms in total. The largest absolute Gasteiger partial charge is 0.484 e. The van der Waals surface area contributed by atoms with Crippen molar-refractivity contribution in [1.82, 2.24) is 14.9 Å². The Morgan fingerprint density at radius 1 is 1.15 bits per heavy atom. The SMILES string of the molecule is C[C@H](NCCCc1ccc2ncn(-c3cc(O[C@H](C)c4ccccc4Cl)c(C(N)=O)s3)c2c1)C(=O)OC(C)(C)C. The van der Waals surface area contributed by atoms with Gasteiger partial charge in [0.05, 0.1) is 11.0 Å². The summed E-state index contributed by atoms with van der Waals surface area (Å²) in [5.41, 5.74) is 8.90. The number of aryl methyl sites for hydroxylation is 1. The van der Waals surface area contributed by atoms with Gasteiger partial charge in [-0.05, 0) is 77.8 Å². The third kappa shape index (κ3) is 7.21. The number of halogens is 1. The Balaban J connectivity index is 1.48. The lowest BCUT2D eigenvalue weighted by Crippen LogP contribution is -2.39. The number of nitrogens with zero attached hydrogens (tertiary/aromatic N) is 2. The topological polar surface area (TPSA) is 108 Å². The van der Waals surface area contributed by atoms with E-state index in [1.54, 1.807) is 12.4 Å². The van der Waals surface area contributed by atoms with Crippen molar-refractivity contribution >= 4 is 45.8 Å². The third-order valence-corrected chi connectivity index (χ3v) is 7.73. The zero-order valence-electron chi connectivity index (χ0n) is 23.4. The van der Waals surface area contributed by atoms with E-state index in [-0.39, 0.29) is 18.1 Å². The molecular formula is C30H35ClN4O4S. The number of esters is 1. The standard InChI is InChI=1S/C30H35ClN4O4S/c1-18(29(37)39-30(3,4)5)33-14-8-9-20-12-13-23-24(15-20)35(17-34-23)26-16-25(27(40-26)28(32)36)38-19(2)21-10-6-7-11-22(21)31/h6-7,10-13,15-19,33H,8-9,14H2,1-5H3,(H2,32,36)/t18-,19+/m0/s1. The molecule has 0 saturated heterocycles. The fraction of sp³-hybridized carbons (Fsp3) is 0.367. The smallest absolute Gasteiger partial charge is 0.323 e. The van der Waals surface area contributed by atoms with Gasteiger partial charge < -0.3 is 20.5 Å². The first-order chi connectivity index (χ1) is 18.9. The maximum atomic E-state index is 12.3. The van der Waals surface area contributed by atoms with Gasteiger partial charge in [0.1, 0.15) is 39.7 Å². The summed E-state index contributed by atoms with van der Waals surface area (Å²) < 4.78 is 13.5. The number of carbonyl (C=O) groups is 2. The minimum Gasteiger partial charge on any atom is -0.484 e. The van der Waals surface area contributed by atoms with Crippen LogP contribution in [0.25, 0.3) is 16.0 Å². The molecule has 0 aliphatic heterocycles. The third-order valence-electron chi connectivity index (χ3n) is 6.26. The minimum absolute atomic E-state index is 0.256. The molecule has 2 aromatic heterocycles. The lowest BCUT2D eigenvalue weighted by atomic mass is 10.1. The molecule has 2 heterocycles. The normalized spacial score (nSPS) is 13.2. The second-order valence-corrected chi connectivity index (χ2v) is 12.1. The van der Waals surface area contributed by atoms with Gasteiger partial charge in [0, 0.05) is 16.7 Å². The number of amides is 1. The van der Waals surface area contributed by atoms with Crippen molar-refractivity contribution in [3.8, 4) is 10.8 Å². The predicted octanol–water partition coefficient (Wildman–Crippen LogP) is 6.23. The molecule has 2 atom stereocenters. The average Bonchev–Trinajstić information content (AvgIpc) is 3.49. The van der Waals surface area contributed by atoms with E-state index in [1.807, 2.05) is 69.5 Å². The molecule has 1 amide bonds. The molecule has 4 rings (SSSR count). The fourth-order valence-electron chi connectivity index (χ4n) is 4.27. The molecule has 0 spiro atoms. The molecule has 0 saturated carbocycles. The average molecular weight is 583 g/mol. The summed E-state index contributed by atoms with van der Waals surface area (Å²) in [5.74, 6) is -0.410. The van der Waals surface area contributed by atoms with Crippen LogP contribution in [-0.4, -0.2) is 39.6 Å². The first-order valence-corrected chi connectivity index (χ1v) is 14.4. The number of imidazole rings is 1. The van der Waals surface area contributed by atoms with Crippen molar-refractivity contribution in [2.75, 3.05) is 6.54 Å². The van der Waals surface area contributed by atoms with E-state index in [4.69, 9.17) is 26.8 Å². The van der Waals surface area contributed by atoms with E-state index in [0.717, 1.165) is 40.0 Å². The molecule has 0 aliphatic carbocycles. The van der Waals surface area contributed by atoms with Crippen LogP contribution in [0.1, 0.15) is 67.9 Å². The first-order valence-electron chi connectivity index (χ1n) is 13.2. The summed E-state index contributed by atoms with van der Waals surface area (Å²) in [6.07, 6.45) is 3.01. The Kier molecular flexibility index (Phi) is 9.18. The highest BCUT2D eigenvalue weighted by molar-refractivity contribution is 7.16. The van der Waals surface area contributed by atoms with Crippen molar-refractivity contribution in [2.24, 2.45) is 5.73 Å². The maximum absolute atomic E-state index is 12.3. The van der Waals surface area contributed by atoms with Crippen LogP contribution in [0.4, 0.5) is 0 Å². The molecule has 0 aliphatic rings. The van der Waals surface area contributed by atoms with E-state index in [0.29, 0.717) is 22.2 Å². The van der Waals surface area contributed by atoms with Crippen LogP contribution in [0.3, 0.4) is 0 Å². The second kappa shape index (κ2) is 12.4. The van der Waals surface area contributed by atoms with Crippen LogP contribution in [0.2, 0.25) is 5.02 Å². The Labute approximate surface area is 243 Å². The Hall–Kier alpha value is -3.40. The Morgan fingerprint density at radius 2 is 1.90 bits per heavy atom. The van der Waals surface area contributed by atoms with E-state index in [2.05, 4.69) is 22.4 Å². The summed E-state index contributed by atoms with van der Waals surface area (Å²) in [7, 11) is 0. The van der Waals surface area contributed by atoms with Crippen LogP contribution in [0, 0.1) is 0 Å². The molecule has 212 valence electrons. The number of hydrogen-bond acceptors (Lipinski definition) is 7. The maximum Gasteiger partial charge on any atom is 0.323 e. The summed E-state index contributed by atoms with van der Waals surface area (Å²) in [6.45, 7) is 9.95. The van der Waals surface area contributed by atoms with E-state index < -0.39 is 11.5 Å². The monoisotopic (exact) mass is 582 g/mol. The highest BCUT2D eigenvalue weighted by atomic mass is 35.5. The summed E-state index contributed by atoms with van der Waals surface area (Å²) in [6, 6.07) is 15.0.